The lowest BCUT2D eigenvalue weighted by Crippen LogP contribution is -2.31. The van der Waals surface area contributed by atoms with Crippen LogP contribution in [0.3, 0.4) is 0 Å². The minimum Gasteiger partial charge on any atom is -0.396 e. The molecule has 7 nitrogen and oxygen atoms in total. The second kappa shape index (κ2) is 4.08. The van der Waals surface area contributed by atoms with Crippen LogP contribution in [-0.2, 0) is 22.4 Å². The molecule has 1 saturated heterocycles. The summed E-state index contributed by atoms with van der Waals surface area (Å²) in [6.45, 7) is 1.90. The first-order chi connectivity index (χ1) is 9.31. The van der Waals surface area contributed by atoms with E-state index < -0.39 is 15.4 Å². The summed E-state index contributed by atoms with van der Waals surface area (Å²) in [5.74, 6) is 0.302. The molecule has 108 valence electrons. The Morgan fingerprint density at radius 2 is 2.20 bits per heavy atom. The molecule has 1 unspecified atom stereocenters. The van der Waals surface area contributed by atoms with Crippen LogP contribution >= 0.6 is 0 Å². The van der Waals surface area contributed by atoms with Gasteiger partial charge in [0.25, 0.3) is 0 Å². The fourth-order valence-corrected chi connectivity index (χ4v) is 4.76. The van der Waals surface area contributed by atoms with Crippen molar-refractivity contribution in [3.63, 3.8) is 0 Å². The smallest absolute Gasteiger partial charge is 0.152 e. The highest BCUT2D eigenvalue weighted by Gasteiger charge is 2.41. The number of aryl methyl sites for hydroxylation is 1. The topological polar surface area (TPSA) is 95.8 Å². The van der Waals surface area contributed by atoms with Gasteiger partial charge in [-0.3, -0.25) is 9.36 Å². The maximum absolute atomic E-state index is 11.7. The fraction of sp³-hybridized carbons (Fsp3) is 0.500. The number of hydrogen-bond donors (Lipinski definition) is 1. The zero-order valence-corrected chi connectivity index (χ0v) is 12.3. The molecular formula is C12H17N5O2S. The van der Waals surface area contributed by atoms with Crippen LogP contribution in [0.4, 0.5) is 5.69 Å². The minimum atomic E-state index is -2.99. The van der Waals surface area contributed by atoms with Gasteiger partial charge in [0.15, 0.2) is 9.84 Å². The Balaban J connectivity index is 2.04. The first-order valence-corrected chi connectivity index (χ1v) is 8.17. The van der Waals surface area contributed by atoms with Gasteiger partial charge < -0.3 is 5.73 Å². The molecular weight excluding hydrogens is 278 g/mol. The van der Waals surface area contributed by atoms with Crippen LogP contribution in [0.2, 0.25) is 0 Å². The number of hydrogen-bond acceptors (Lipinski definition) is 5. The molecule has 0 aromatic carbocycles. The minimum absolute atomic E-state index is 0.103. The maximum Gasteiger partial charge on any atom is 0.152 e. The second-order valence-electron chi connectivity index (χ2n) is 5.56. The van der Waals surface area contributed by atoms with Crippen molar-refractivity contribution < 1.29 is 8.42 Å². The van der Waals surface area contributed by atoms with Crippen molar-refractivity contribution in [2.45, 2.75) is 18.9 Å². The number of anilines is 1. The average Bonchev–Trinajstić information content (AvgIpc) is 2.99. The van der Waals surface area contributed by atoms with Crippen LogP contribution in [0.25, 0.3) is 11.4 Å². The molecule has 0 bridgehead atoms. The van der Waals surface area contributed by atoms with Gasteiger partial charge in [0, 0.05) is 19.4 Å². The van der Waals surface area contributed by atoms with E-state index in [1.54, 1.807) is 21.8 Å². The van der Waals surface area contributed by atoms with E-state index >= 15 is 0 Å². The van der Waals surface area contributed by atoms with E-state index in [1.807, 2.05) is 20.0 Å². The normalized spacial score (nSPS) is 25.1. The third kappa shape index (κ3) is 2.00. The fourth-order valence-electron chi connectivity index (χ4n) is 2.64. The highest BCUT2D eigenvalue weighted by Crippen LogP contribution is 2.33. The Bertz CT molecular complexity index is 761. The number of aromatic nitrogens is 4. The third-order valence-electron chi connectivity index (χ3n) is 3.84. The number of nitrogens with two attached hydrogens (primary N) is 1. The second-order valence-corrected chi connectivity index (χ2v) is 7.74. The highest BCUT2D eigenvalue weighted by molar-refractivity contribution is 7.91. The van der Waals surface area contributed by atoms with Gasteiger partial charge in [-0.2, -0.15) is 10.2 Å². The van der Waals surface area contributed by atoms with Crippen molar-refractivity contribution >= 4 is 15.5 Å². The van der Waals surface area contributed by atoms with Crippen LogP contribution in [-0.4, -0.2) is 39.5 Å². The SMILES string of the molecule is Cn1nccc1-c1nn(C2(C)CCS(=O)(=O)C2)cc1N. The lowest BCUT2D eigenvalue weighted by molar-refractivity contribution is 0.329. The van der Waals surface area contributed by atoms with Crippen LogP contribution in [0, 0.1) is 0 Å². The van der Waals surface area contributed by atoms with E-state index in [2.05, 4.69) is 10.2 Å². The van der Waals surface area contributed by atoms with Crippen LogP contribution in [0.5, 0.6) is 0 Å². The molecule has 0 amide bonds. The van der Waals surface area contributed by atoms with E-state index in [4.69, 9.17) is 5.73 Å². The summed E-state index contributed by atoms with van der Waals surface area (Å²) in [6.07, 6.45) is 3.94. The Labute approximate surface area is 117 Å². The van der Waals surface area contributed by atoms with E-state index in [9.17, 15) is 8.42 Å². The number of sulfone groups is 1. The maximum atomic E-state index is 11.7. The van der Waals surface area contributed by atoms with Crippen molar-refractivity contribution in [3.05, 3.63) is 18.5 Å². The van der Waals surface area contributed by atoms with Gasteiger partial charge in [-0.25, -0.2) is 8.42 Å². The van der Waals surface area contributed by atoms with Gasteiger partial charge in [-0.05, 0) is 19.4 Å². The quantitative estimate of drug-likeness (QED) is 0.865. The Morgan fingerprint density at radius 1 is 1.45 bits per heavy atom. The molecule has 1 aliphatic heterocycles. The molecule has 1 fully saturated rings. The van der Waals surface area contributed by atoms with Gasteiger partial charge in [-0.15, -0.1) is 0 Å². The molecule has 0 spiro atoms. The zero-order chi connectivity index (χ0) is 14.5. The third-order valence-corrected chi connectivity index (χ3v) is 5.73. The van der Waals surface area contributed by atoms with E-state index in [0.29, 0.717) is 17.8 Å². The van der Waals surface area contributed by atoms with Crippen LogP contribution < -0.4 is 5.73 Å². The van der Waals surface area contributed by atoms with Crippen molar-refractivity contribution in [3.8, 4) is 11.4 Å². The summed E-state index contributed by atoms with van der Waals surface area (Å²) in [5, 5.41) is 8.60. The summed E-state index contributed by atoms with van der Waals surface area (Å²) in [5.41, 5.74) is 7.47. The summed E-state index contributed by atoms with van der Waals surface area (Å²) in [6, 6.07) is 1.83. The van der Waals surface area contributed by atoms with Gasteiger partial charge in [-0.1, -0.05) is 0 Å². The predicted octanol–water partition coefficient (Wildman–Crippen LogP) is 0.400. The van der Waals surface area contributed by atoms with Crippen LogP contribution in [0.1, 0.15) is 13.3 Å². The molecule has 2 aromatic heterocycles. The lowest BCUT2D eigenvalue weighted by atomic mass is 10.0. The Kier molecular flexibility index (Phi) is 2.69. The molecule has 2 aromatic rings. The van der Waals surface area contributed by atoms with Crippen molar-refractivity contribution in [1.82, 2.24) is 19.6 Å². The highest BCUT2D eigenvalue weighted by atomic mass is 32.2. The number of nitrogens with zero attached hydrogens (tertiary/aromatic N) is 4. The van der Waals surface area contributed by atoms with E-state index in [1.165, 1.54) is 0 Å². The first-order valence-electron chi connectivity index (χ1n) is 6.35. The molecule has 0 saturated carbocycles. The van der Waals surface area contributed by atoms with Gasteiger partial charge >= 0.3 is 0 Å². The molecule has 1 atom stereocenters. The molecule has 0 aliphatic carbocycles. The molecule has 3 heterocycles. The largest absolute Gasteiger partial charge is 0.396 e. The standard InChI is InChI=1S/C12H17N5O2S/c1-12(4-6-20(18,19)8-12)17-7-9(13)11(15-17)10-3-5-14-16(10)2/h3,5,7H,4,6,8,13H2,1-2H3. The average molecular weight is 295 g/mol. The first kappa shape index (κ1) is 13.2. The van der Waals surface area contributed by atoms with Gasteiger partial charge in [0.2, 0.25) is 0 Å². The molecule has 20 heavy (non-hydrogen) atoms. The molecule has 0 radical (unpaired) electrons. The molecule has 2 N–H and O–H groups in total. The summed E-state index contributed by atoms with van der Waals surface area (Å²) >= 11 is 0. The molecule has 3 rings (SSSR count). The number of nitrogen functional groups attached to an aromatic ring is 1. The van der Waals surface area contributed by atoms with E-state index in [-0.39, 0.29) is 11.5 Å². The molecule has 1 aliphatic rings. The van der Waals surface area contributed by atoms with Crippen molar-refractivity contribution in [1.29, 1.82) is 0 Å². The van der Waals surface area contributed by atoms with Crippen molar-refractivity contribution in [2.75, 3.05) is 17.2 Å². The molecule has 8 heteroatoms. The summed E-state index contributed by atoms with van der Waals surface area (Å²) in [7, 11) is -1.17. The van der Waals surface area contributed by atoms with Crippen molar-refractivity contribution in [2.24, 2.45) is 7.05 Å². The zero-order valence-electron chi connectivity index (χ0n) is 11.4. The lowest BCUT2D eigenvalue weighted by Gasteiger charge is -2.22. The monoisotopic (exact) mass is 295 g/mol. The van der Waals surface area contributed by atoms with Crippen LogP contribution in [0.15, 0.2) is 18.5 Å². The summed E-state index contributed by atoms with van der Waals surface area (Å²) in [4.78, 5) is 0. The van der Waals surface area contributed by atoms with E-state index in [0.717, 1.165) is 5.69 Å². The Morgan fingerprint density at radius 3 is 2.75 bits per heavy atom. The Hall–Kier alpha value is -1.83. The predicted molar refractivity (Wildman–Crippen MR) is 75.8 cm³/mol. The number of rotatable bonds is 2. The summed E-state index contributed by atoms with van der Waals surface area (Å²) < 4.78 is 26.8. The van der Waals surface area contributed by atoms with Gasteiger partial charge in [0.05, 0.1) is 28.4 Å². The van der Waals surface area contributed by atoms with Gasteiger partial charge in [0.1, 0.15) is 5.69 Å².